The summed E-state index contributed by atoms with van der Waals surface area (Å²) in [7, 11) is -3.63. The Labute approximate surface area is 162 Å². The summed E-state index contributed by atoms with van der Waals surface area (Å²) < 4.78 is 39.8. The highest BCUT2D eigenvalue weighted by molar-refractivity contribution is 7.86. The molecular weight excluding hydrogens is 389 g/mol. The fourth-order valence-electron chi connectivity index (χ4n) is 2.36. The van der Waals surface area contributed by atoms with Crippen LogP contribution in [0.2, 0.25) is 0 Å². The molecule has 0 radical (unpaired) electrons. The van der Waals surface area contributed by atoms with Crippen molar-refractivity contribution in [1.29, 1.82) is 0 Å². The summed E-state index contributed by atoms with van der Waals surface area (Å²) in [5.74, 6) is -2.20. The fourth-order valence-corrected chi connectivity index (χ4v) is 2.82. The number of aliphatic carboxylic acids is 1. The molecule has 0 aliphatic carbocycles. The van der Waals surface area contributed by atoms with Gasteiger partial charge in [0, 0.05) is 0 Å². The summed E-state index contributed by atoms with van der Waals surface area (Å²) in [6.07, 6.45) is 1.08. The van der Waals surface area contributed by atoms with Crippen LogP contribution in [0, 0.1) is 11.7 Å². The first kappa shape index (κ1) is 21.4. The Balaban J connectivity index is 2.01. The lowest BCUT2D eigenvalue weighted by Crippen LogP contribution is -2.24. The maximum absolute atomic E-state index is 12.9. The smallest absolute Gasteiger partial charge is 0.312 e. The Bertz CT molecular complexity index is 939. The van der Waals surface area contributed by atoms with E-state index in [1.165, 1.54) is 24.3 Å². The third kappa shape index (κ3) is 6.99. The molecular formula is C19H20FNO6S. The lowest BCUT2D eigenvalue weighted by Gasteiger charge is -2.12. The Morgan fingerprint density at radius 1 is 1.11 bits per heavy atom. The van der Waals surface area contributed by atoms with E-state index in [0.29, 0.717) is 11.1 Å². The molecule has 7 nitrogen and oxygen atoms in total. The van der Waals surface area contributed by atoms with Crippen LogP contribution >= 0.6 is 0 Å². The van der Waals surface area contributed by atoms with E-state index in [2.05, 4.69) is 5.16 Å². The van der Waals surface area contributed by atoms with Crippen molar-refractivity contribution < 1.29 is 31.7 Å². The van der Waals surface area contributed by atoms with Gasteiger partial charge < -0.3 is 14.1 Å². The highest BCUT2D eigenvalue weighted by Crippen LogP contribution is 2.18. The highest BCUT2D eigenvalue weighted by atomic mass is 32.2. The van der Waals surface area contributed by atoms with Gasteiger partial charge in [-0.05, 0) is 48.7 Å². The van der Waals surface area contributed by atoms with Crippen molar-refractivity contribution in [2.75, 3.05) is 6.26 Å². The quantitative estimate of drug-likeness (QED) is 0.388. The molecule has 2 aromatic rings. The fraction of sp³-hybridized carbons (Fsp3) is 0.263. The van der Waals surface area contributed by atoms with E-state index in [0.717, 1.165) is 6.26 Å². The van der Waals surface area contributed by atoms with Crippen LogP contribution in [0.1, 0.15) is 18.1 Å². The van der Waals surface area contributed by atoms with E-state index in [4.69, 9.17) is 9.02 Å². The molecule has 0 spiro atoms. The third-order valence-electron chi connectivity index (χ3n) is 3.77. The zero-order valence-electron chi connectivity index (χ0n) is 15.3. The van der Waals surface area contributed by atoms with Crippen molar-refractivity contribution >= 4 is 21.8 Å². The van der Waals surface area contributed by atoms with Crippen LogP contribution in [0.5, 0.6) is 5.75 Å². The topological polar surface area (TPSA) is 102 Å². The number of carbonyl (C=O) groups is 1. The Kier molecular flexibility index (Phi) is 7.11. The molecule has 28 heavy (non-hydrogen) atoms. The Morgan fingerprint density at radius 3 is 2.21 bits per heavy atom. The van der Waals surface area contributed by atoms with Crippen molar-refractivity contribution in [3.8, 4) is 5.75 Å². The number of halogens is 1. The standard InChI is InChI=1S/C19H20FNO6S/c1-13(21-26-12-15-3-7-16(20)8-4-15)18(19(22)23)11-14-5-9-17(10-6-14)27-28(2,24)25/h3-10,18H,11-12H2,1-2H3,(H,22,23)/b21-13+. The highest BCUT2D eigenvalue weighted by Gasteiger charge is 2.22. The second-order valence-corrected chi connectivity index (χ2v) is 7.73. The van der Waals surface area contributed by atoms with E-state index in [1.54, 1.807) is 31.2 Å². The van der Waals surface area contributed by atoms with Gasteiger partial charge in [-0.1, -0.05) is 29.4 Å². The molecule has 9 heteroatoms. The average Bonchev–Trinajstić information content (AvgIpc) is 2.61. The van der Waals surface area contributed by atoms with Gasteiger partial charge in [-0.15, -0.1) is 0 Å². The van der Waals surface area contributed by atoms with Crippen LogP contribution in [0.4, 0.5) is 4.39 Å². The first-order valence-corrected chi connectivity index (χ1v) is 10.1. The van der Waals surface area contributed by atoms with Gasteiger partial charge in [-0.3, -0.25) is 4.79 Å². The van der Waals surface area contributed by atoms with Gasteiger partial charge in [-0.25, -0.2) is 4.39 Å². The number of benzene rings is 2. The molecule has 1 unspecified atom stereocenters. The second-order valence-electron chi connectivity index (χ2n) is 6.16. The molecule has 0 aromatic heterocycles. The molecule has 0 aliphatic heterocycles. The van der Waals surface area contributed by atoms with Crippen LogP contribution in [0.15, 0.2) is 53.7 Å². The van der Waals surface area contributed by atoms with Gasteiger partial charge in [0.1, 0.15) is 24.1 Å². The zero-order chi connectivity index (χ0) is 20.7. The van der Waals surface area contributed by atoms with Crippen molar-refractivity contribution in [3.05, 3.63) is 65.5 Å². The van der Waals surface area contributed by atoms with E-state index in [1.807, 2.05) is 0 Å². The predicted octanol–water partition coefficient (Wildman–Crippen LogP) is 3.00. The monoisotopic (exact) mass is 409 g/mol. The largest absolute Gasteiger partial charge is 0.481 e. The van der Waals surface area contributed by atoms with Crippen LogP contribution in [-0.2, 0) is 32.8 Å². The van der Waals surface area contributed by atoms with Gasteiger partial charge in [0.15, 0.2) is 0 Å². The SMILES string of the molecule is C/C(=N\OCc1ccc(F)cc1)C(Cc1ccc(OS(C)(=O)=O)cc1)C(=O)O. The van der Waals surface area contributed by atoms with Crippen molar-refractivity contribution in [2.24, 2.45) is 11.1 Å². The minimum Gasteiger partial charge on any atom is -0.481 e. The molecule has 150 valence electrons. The first-order chi connectivity index (χ1) is 13.1. The number of hydrogen-bond donors (Lipinski definition) is 1. The lowest BCUT2D eigenvalue weighted by molar-refractivity contribution is -0.139. The van der Waals surface area contributed by atoms with Crippen LogP contribution < -0.4 is 4.18 Å². The molecule has 0 heterocycles. The molecule has 1 N–H and O–H groups in total. The molecule has 0 fully saturated rings. The number of oxime groups is 1. The molecule has 0 bridgehead atoms. The molecule has 0 aliphatic rings. The summed E-state index contributed by atoms with van der Waals surface area (Å²) >= 11 is 0. The van der Waals surface area contributed by atoms with Crippen LogP contribution in [-0.4, -0.2) is 31.5 Å². The average molecular weight is 409 g/mol. The first-order valence-electron chi connectivity index (χ1n) is 8.26. The van der Waals surface area contributed by atoms with Gasteiger partial charge in [0.05, 0.1) is 12.0 Å². The Morgan fingerprint density at radius 2 is 1.68 bits per heavy atom. The van der Waals surface area contributed by atoms with Crippen molar-refractivity contribution in [2.45, 2.75) is 20.0 Å². The number of rotatable bonds is 9. The molecule has 1 atom stereocenters. The summed E-state index contributed by atoms with van der Waals surface area (Å²) in [4.78, 5) is 16.8. The van der Waals surface area contributed by atoms with E-state index < -0.39 is 22.0 Å². The Hall–Kier alpha value is -2.94. The maximum atomic E-state index is 12.9. The zero-order valence-corrected chi connectivity index (χ0v) is 16.1. The summed E-state index contributed by atoms with van der Waals surface area (Å²) in [6, 6.07) is 11.8. The van der Waals surface area contributed by atoms with E-state index >= 15 is 0 Å². The summed E-state index contributed by atoms with van der Waals surface area (Å²) in [5.41, 5.74) is 1.64. The predicted molar refractivity (Wildman–Crippen MR) is 101 cm³/mol. The van der Waals surface area contributed by atoms with Crippen molar-refractivity contribution in [3.63, 3.8) is 0 Å². The number of carboxylic acid groups (broad SMARTS) is 1. The van der Waals surface area contributed by atoms with Crippen molar-refractivity contribution in [1.82, 2.24) is 0 Å². The van der Waals surface area contributed by atoms with Gasteiger partial charge in [-0.2, -0.15) is 8.42 Å². The number of carboxylic acids is 1. The van der Waals surface area contributed by atoms with Crippen LogP contribution in [0.3, 0.4) is 0 Å². The van der Waals surface area contributed by atoms with Gasteiger partial charge in [0.2, 0.25) is 0 Å². The van der Waals surface area contributed by atoms with E-state index in [9.17, 15) is 22.7 Å². The molecule has 0 saturated heterocycles. The molecule has 0 saturated carbocycles. The minimum absolute atomic E-state index is 0.0848. The number of hydrogen-bond acceptors (Lipinski definition) is 6. The minimum atomic E-state index is -3.63. The molecule has 0 amide bonds. The number of nitrogens with zero attached hydrogens (tertiary/aromatic N) is 1. The lowest BCUT2D eigenvalue weighted by atomic mass is 9.95. The van der Waals surface area contributed by atoms with E-state index in [-0.39, 0.29) is 30.3 Å². The summed E-state index contributed by atoms with van der Waals surface area (Å²) in [5, 5.41) is 13.3. The van der Waals surface area contributed by atoms with Gasteiger partial charge >= 0.3 is 16.1 Å². The van der Waals surface area contributed by atoms with Crippen LogP contribution in [0.25, 0.3) is 0 Å². The third-order valence-corrected chi connectivity index (χ3v) is 4.26. The molecule has 2 rings (SSSR count). The normalized spacial score (nSPS) is 13.0. The molecule has 2 aromatic carbocycles. The maximum Gasteiger partial charge on any atom is 0.312 e. The summed E-state index contributed by atoms with van der Waals surface area (Å²) in [6.45, 7) is 1.63. The second kappa shape index (κ2) is 9.32. The van der Waals surface area contributed by atoms with Gasteiger partial charge in [0.25, 0.3) is 0 Å².